The van der Waals surface area contributed by atoms with E-state index < -0.39 is 7.12 Å². The van der Waals surface area contributed by atoms with Crippen LogP contribution in [0, 0.1) is 0 Å². The van der Waals surface area contributed by atoms with E-state index in [0.717, 1.165) is 16.6 Å². The van der Waals surface area contributed by atoms with Gasteiger partial charge in [-0.05, 0) is 34.8 Å². The van der Waals surface area contributed by atoms with Gasteiger partial charge in [-0.2, -0.15) is 0 Å². The molecule has 0 saturated carbocycles. The molecule has 1 N–H and O–H groups in total. The second-order valence-corrected chi connectivity index (χ2v) is 5.37. The van der Waals surface area contributed by atoms with Crippen molar-refractivity contribution in [3.8, 4) is 11.5 Å². The van der Waals surface area contributed by atoms with Gasteiger partial charge in [0.15, 0.2) is 17.3 Å². The maximum atomic E-state index is 12.5. The summed E-state index contributed by atoms with van der Waals surface area (Å²) in [5.41, 5.74) is 3.09. The van der Waals surface area contributed by atoms with Gasteiger partial charge in [0.05, 0.1) is 20.8 Å². The van der Waals surface area contributed by atoms with E-state index in [2.05, 4.69) is 0 Å². The van der Waals surface area contributed by atoms with Crippen molar-refractivity contribution in [2.75, 3.05) is 14.2 Å². The van der Waals surface area contributed by atoms with E-state index in [4.69, 9.17) is 14.1 Å². The van der Waals surface area contributed by atoms with E-state index in [1.807, 2.05) is 18.2 Å². The Morgan fingerprint density at radius 3 is 2.70 bits per heavy atom. The van der Waals surface area contributed by atoms with Crippen LogP contribution in [0.2, 0.25) is 0 Å². The van der Waals surface area contributed by atoms with Gasteiger partial charge >= 0.3 is 7.12 Å². The fourth-order valence-electron chi connectivity index (χ4n) is 2.67. The van der Waals surface area contributed by atoms with Crippen LogP contribution in [0.1, 0.15) is 21.5 Å². The summed E-state index contributed by atoms with van der Waals surface area (Å²) >= 11 is 0. The number of methoxy groups -OCH3 is 2. The Balaban J connectivity index is 1.81. The first kappa shape index (κ1) is 15.6. The predicted octanol–water partition coefficient (Wildman–Crippen LogP) is 1.35. The number of Topliss-reactive ketones (excluding diaryl/α,β-unsaturated/α-hetero) is 1. The zero-order valence-electron chi connectivity index (χ0n) is 13.0. The van der Waals surface area contributed by atoms with Crippen molar-refractivity contribution in [3.05, 3.63) is 53.1 Å². The molecule has 2 aromatic carbocycles. The molecule has 0 atom stereocenters. The molecule has 23 heavy (non-hydrogen) atoms. The zero-order valence-corrected chi connectivity index (χ0v) is 13.0. The van der Waals surface area contributed by atoms with Crippen LogP contribution in [0.4, 0.5) is 0 Å². The topological polar surface area (TPSA) is 65.0 Å². The van der Waals surface area contributed by atoms with Crippen LogP contribution in [0.5, 0.6) is 11.5 Å². The molecule has 0 aliphatic carbocycles. The SMILES string of the molecule is COc1ccc(C(=O)Cc2ccc3c(c2)B(O)OC3)cc1OC. The number of fused-ring (bicyclic) bond motifs is 1. The Morgan fingerprint density at radius 2 is 1.96 bits per heavy atom. The van der Waals surface area contributed by atoms with Crippen LogP contribution in [-0.2, 0) is 17.7 Å². The maximum Gasteiger partial charge on any atom is 0.491 e. The van der Waals surface area contributed by atoms with E-state index in [-0.39, 0.29) is 12.2 Å². The van der Waals surface area contributed by atoms with Crippen molar-refractivity contribution in [1.82, 2.24) is 0 Å². The average Bonchev–Trinajstić information content (AvgIpc) is 2.95. The third-order valence-corrected chi connectivity index (χ3v) is 3.94. The lowest BCUT2D eigenvalue weighted by atomic mass is 9.78. The molecule has 2 aromatic rings. The minimum absolute atomic E-state index is 0.0284. The Labute approximate surface area is 134 Å². The van der Waals surface area contributed by atoms with Crippen molar-refractivity contribution in [3.63, 3.8) is 0 Å². The average molecular weight is 312 g/mol. The zero-order chi connectivity index (χ0) is 16.4. The molecular weight excluding hydrogens is 295 g/mol. The molecule has 0 aromatic heterocycles. The molecule has 5 nitrogen and oxygen atoms in total. The van der Waals surface area contributed by atoms with Gasteiger partial charge in [0, 0.05) is 12.0 Å². The lowest BCUT2D eigenvalue weighted by molar-refractivity contribution is 0.0992. The van der Waals surface area contributed by atoms with Crippen LogP contribution in [0.25, 0.3) is 0 Å². The summed E-state index contributed by atoms with van der Waals surface area (Å²) in [7, 11) is 2.19. The van der Waals surface area contributed by atoms with Crippen molar-refractivity contribution in [1.29, 1.82) is 0 Å². The van der Waals surface area contributed by atoms with Gasteiger partial charge in [-0.15, -0.1) is 0 Å². The fourth-order valence-corrected chi connectivity index (χ4v) is 2.67. The van der Waals surface area contributed by atoms with Crippen LogP contribution >= 0.6 is 0 Å². The lowest BCUT2D eigenvalue weighted by Crippen LogP contribution is -2.28. The number of benzene rings is 2. The summed E-state index contributed by atoms with van der Waals surface area (Å²) in [4.78, 5) is 12.5. The van der Waals surface area contributed by atoms with Crippen molar-refractivity contribution >= 4 is 18.4 Å². The highest BCUT2D eigenvalue weighted by molar-refractivity contribution is 6.61. The third kappa shape index (κ3) is 3.09. The van der Waals surface area contributed by atoms with Crippen molar-refractivity contribution in [2.45, 2.75) is 13.0 Å². The molecule has 0 amide bonds. The highest BCUT2D eigenvalue weighted by Crippen LogP contribution is 2.28. The first-order valence-corrected chi connectivity index (χ1v) is 7.29. The molecule has 1 aliphatic heterocycles. The second-order valence-electron chi connectivity index (χ2n) is 5.37. The molecule has 0 unspecified atom stereocenters. The van der Waals surface area contributed by atoms with Gasteiger partial charge in [0.25, 0.3) is 0 Å². The quantitative estimate of drug-likeness (QED) is 0.667. The summed E-state index contributed by atoms with van der Waals surface area (Å²) in [5.74, 6) is 1.08. The number of hydrogen-bond donors (Lipinski definition) is 1. The van der Waals surface area contributed by atoms with Gasteiger partial charge in [-0.1, -0.05) is 18.2 Å². The van der Waals surface area contributed by atoms with E-state index in [1.165, 1.54) is 7.11 Å². The van der Waals surface area contributed by atoms with Gasteiger partial charge in [0.1, 0.15) is 0 Å². The molecule has 3 rings (SSSR count). The van der Waals surface area contributed by atoms with Crippen LogP contribution in [-0.4, -0.2) is 32.1 Å². The number of carbonyl (C=O) groups excluding carboxylic acids is 1. The van der Waals surface area contributed by atoms with E-state index in [1.54, 1.807) is 25.3 Å². The molecule has 1 aliphatic rings. The van der Waals surface area contributed by atoms with Crippen molar-refractivity contribution in [2.24, 2.45) is 0 Å². The molecule has 0 radical (unpaired) electrons. The van der Waals surface area contributed by atoms with Gasteiger partial charge in [-0.3, -0.25) is 4.79 Å². The smallest absolute Gasteiger partial charge is 0.491 e. The number of hydrogen-bond acceptors (Lipinski definition) is 5. The largest absolute Gasteiger partial charge is 0.493 e. The second kappa shape index (κ2) is 6.44. The van der Waals surface area contributed by atoms with Crippen molar-refractivity contribution < 1.29 is 23.9 Å². The molecule has 0 spiro atoms. The van der Waals surface area contributed by atoms with Crippen LogP contribution in [0.15, 0.2) is 36.4 Å². The highest BCUT2D eigenvalue weighted by atomic mass is 16.5. The summed E-state index contributed by atoms with van der Waals surface area (Å²) < 4.78 is 15.6. The standard InChI is InChI=1S/C17H17BO5/c1-21-16-6-5-12(9-17(16)22-2)15(19)8-11-3-4-13-10-23-18(20)14(13)7-11/h3-7,9,20H,8,10H2,1-2H3. The summed E-state index contributed by atoms with van der Waals surface area (Å²) in [6.07, 6.45) is 0.246. The summed E-state index contributed by atoms with van der Waals surface area (Å²) in [6, 6.07) is 10.7. The minimum atomic E-state index is -0.902. The number of carbonyl (C=O) groups is 1. The van der Waals surface area contributed by atoms with Gasteiger partial charge in [-0.25, -0.2) is 0 Å². The first-order valence-electron chi connectivity index (χ1n) is 7.29. The molecule has 118 valence electrons. The normalized spacial score (nSPS) is 12.9. The van der Waals surface area contributed by atoms with Gasteiger partial charge in [0.2, 0.25) is 0 Å². The number of ether oxygens (including phenoxy) is 2. The minimum Gasteiger partial charge on any atom is -0.493 e. The number of ketones is 1. The summed E-state index contributed by atoms with van der Waals surface area (Å²) in [6.45, 7) is 0.403. The fraction of sp³-hybridized carbons (Fsp3) is 0.235. The molecular formula is C17H17BO5. The first-order chi connectivity index (χ1) is 11.1. The highest BCUT2D eigenvalue weighted by Gasteiger charge is 2.27. The van der Waals surface area contributed by atoms with E-state index in [9.17, 15) is 9.82 Å². The molecule has 1 heterocycles. The molecule has 0 bridgehead atoms. The Morgan fingerprint density at radius 1 is 1.17 bits per heavy atom. The number of rotatable bonds is 5. The Kier molecular flexibility index (Phi) is 4.36. The van der Waals surface area contributed by atoms with E-state index in [0.29, 0.717) is 23.7 Å². The third-order valence-electron chi connectivity index (χ3n) is 3.94. The molecule has 0 fully saturated rings. The maximum absolute atomic E-state index is 12.5. The van der Waals surface area contributed by atoms with Crippen LogP contribution in [0.3, 0.4) is 0 Å². The van der Waals surface area contributed by atoms with Crippen LogP contribution < -0.4 is 14.9 Å². The van der Waals surface area contributed by atoms with E-state index >= 15 is 0 Å². The predicted molar refractivity (Wildman–Crippen MR) is 86.4 cm³/mol. The van der Waals surface area contributed by atoms with Gasteiger partial charge < -0.3 is 19.2 Å². The Hall–Kier alpha value is -2.31. The summed E-state index contributed by atoms with van der Waals surface area (Å²) in [5, 5.41) is 9.75. The lowest BCUT2D eigenvalue weighted by Gasteiger charge is -2.09. The molecule has 0 saturated heterocycles. The molecule has 6 heteroatoms. The monoisotopic (exact) mass is 312 g/mol. The Bertz CT molecular complexity index is 744.